The molecule has 0 saturated carbocycles. The van der Waals surface area contributed by atoms with Crippen LogP contribution in [0, 0.1) is 6.92 Å². The summed E-state index contributed by atoms with van der Waals surface area (Å²) in [4.78, 5) is 32.1. The zero-order valence-corrected chi connectivity index (χ0v) is 16.6. The van der Waals surface area contributed by atoms with Crippen molar-refractivity contribution in [2.45, 2.75) is 20.3 Å². The molecule has 2 aromatic heterocycles. The molecule has 2 heterocycles. The van der Waals surface area contributed by atoms with Gasteiger partial charge in [-0.15, -0.1) is 0 Å². The Kier molecular flexibility index (Phi) is 5.26. The Balaban J connectivity index is 1.65. The summed E-state index contributed by atoms with van der Waals surface area (Å²) in [5, 5.41) is 6.95. The van der Waals surface area contributed by atoms with E-state index in [1.54, 1.807) is 25.1 Å². The van der Waals surface area contributed by atoms with E-state index in [2.05, 4.69) is 20.4 Å². The number of aromatic amines is 1. The van der Waals surface area contributed by atoms with Gasteiger partial charge in [-0.3, -0.25) is 9.59 Å². The first-order chi connectivity index (χ1) is 14.5. The number of nitrogens with zero attached hydrogens (tertiary/aromatic N) is 2. The van der Waals surface area contributed by atoms with E-state index in [1.807, 2.05) is 43.3 Å². The first-order valence-electron chi connectivity index (χ1n) is 9.59. The van der Waals surface area contributed by atoms with Crippen LogP contribution < -0.4 is 10.9 Å². The predicted molar refractivity (Wildman–Crippen MR) is 114 cm³/mol. The molecule has 0 saturated heterocycles. The number of rotatable bonds is 5. The summed E-state index contributed by atoms with van der Waals surface area (Å²) >= 11 is 0. The average molecular weight is 400 g/mol. The molecule has 0 atom stereocenters. The molecule has 30 heavy (non-hydrogen) atoms. The maximum atomic E-state index is 13.0. The standard InChI is InChI=1S/C23H20N4O3/c1-3-17-13-19(28)26-22(24-17)16-10-7-11-18(12-16)25-23(29)20-14(2)30-27-21(20)15-8-5-4-6-9-15/h4-13H,3H2,1-2H3,(H,25,29)(H,24,26,28). The van der Waals surface area contributed by atoms with Gasteiger partial charge >= 0.3 is 0 Å². The van der Waals surface area contributed by atoms with Gasteiger partial charge in [0.25, 0.3) is 11.5 Å². The normalized spacial score (nSPS) is 10.7. The molecule has 0 aliphatic rings. The SMILES string of the molecule is CCc1cc(=O)[nH]c(-c2cccc(NC(=O)c3c(-c4ccccc4)noc3C)c2)n1. The molecule has 4 rings (SSSR count). The number of aromatic nitrogens is 3. The highest BCUT2D eigenvalue weighted by atomic mass is 16.5. The molecule has 0 aliphatic heterocycles. The number of anilines is 1. The van der Waals surface area contributed by atoms with Gasteiger partial charge in [-0.05, 0) is 25.5 Å². The second-order valence-corrected chi connectivity index (χ2v) is 6.80. The van der Waals surface area contributed by atoms with Crippen molar-refractivity contribution in [3.63, 3.8) is 0 Å². The molecule has 7 nitrogen and oxygen atoms in total. The Morgan fingerprint density at radius 1 is 1.07 bits per heavy atom. The fraction of sp³-hybridized carbons (Fsp3) is 0.130. The molecule has 1 amide bonds. The fourth-order valence-electron chi connectivity index (χ4n) is 3.20. The van der Waals surface area contributed by atoms with E-state index >= 15 is 0 Å². The zero-order chi connectivity index (χ0) is 21.1. The smallest absolute Gasteiger partial charge is 0.261 e. The van der Waals surface area contributed by atoms with Gasteiger partial charge in [-0.25, -0.2) is 4.98 Å². The van der Waals surface area contributed by atoms with Crippen LogP contribution in [-0.2, 0) is 6.42 Å². The monoisotopic (exact) mass is 400 g/mol. The third kappa shape index (κ3) is 3.91. The number of benzene rings is 2. The first kappa shape index (κ1) is 19.3. The van der Waals surface area contributed by atoms with Crippen molar-refractivity contribution >= 4 is 11.6 Å². The lowest BCUT2D eigenvalue weighted by Crippen LogP contribution is -2.14. The summed E-state index contributed by atoms with van der Waals surface area (Å²) in [5.74, 6) is 0.569. The van der Waals surface area contributed by atoms with Gasteiger partial charge in [0, 0.05) is 28.6 Å². The first-order valence-corrected chi connectivity index (χ1v) is 9.59. The minimum atomic E-state index is -0.325. The second kappa shape index (κ2) is 8.16. The topological polar surface area (TPSA) is 101 Å². The molecule has 0 bridgehead atoms. The number of hydrogen-bond acceptors (Lipinski definition) is 5. The second-order valence-electron chi connectivity index (χ2n) is 6.80. The Hall–Kier alpha value is -4.00. The summed E-state index contributed by atoms with van der Waals surface area (Å²) in [5.41, 5.74) is 3.43. The Morgan fingerprint density at radius 2 is 1.83 bits per heavy atom. The lowest BCUT2D eigenvalue weighted by Gasteiger charge is -2.08. The van der Waals surface area contributed by atoms with Crippen LogP contribution in [0.2, 0.25) is 0 Å². The number of nitrogens with one attached hydrogen (secondary N) is 2. The van der Waals surface area contributed by atoms with Crippen molar-refractivity contribution in [3.8, 4) is 22.6 Å². The van der Waals surface area contributed by atoms with Crippen LogP contribution in [0.1, 0.15) is 28.7 Å². The lowest BCUT2D eigenvalue weighted by atomic mass is 10.1. The fourth-order valence-corrected chi connectivity index (χ4v) is 3.20. The predicted octanol–water partition coefficient (Wildman–Crippen LogP) is 4.22. The molecule has 7 heteroatoms. The van der Waals surface area contributed by atoms with Crippen LogP contribution in [0.5, 0.6) is 0 Å². The van der Waals surface area contributed by atoms with Crippen LogP contribution in [0.25, 0.3) is 22.6 Å². The van der Waals surface area contributed by atoms with Crippen LogP contribution >= 0.6 is 0 Å². The molecular weight excluding hydrogens is 380 g/mol. The highest BCUT2D eigenvalue weighted by Crippen LogP contribution is 2.26. The number of hydrogen-bond donors (Lipinski definition) is 2. The Bertz CT molecular complexity index is 1260. The molecule has 2 aromatic carbocycles. The molecule has 0 radical (unpaired) electrons. The van der Waals surface area contributed by atoms with E-state index in [0.717, 1.165) is 5.56 Å². The van der Waals surface area contributed by atoms with E-state index < -0.39 is 0 Å². The van der Waals surface area contributed by atoms with Gasteiger partial charge in [0.05, 0.1) is 0 Å². The van der Waals surface area contributed by atoms with Crippen molar-refractivity contribution < 1.29 is 9.32 Å². The summed E-state index contributed by atoms with van der Waals surface area (Å²) in [7, 11) is 0. The van der Waals surface area contributed by atoms with E-state index in [1.165, 1.54) is 6.07 Å². The quantitative estimate of drug-likeness (QED) is 0.522. The van der Waals surface area contributed by atoms with Crippen molar-refractivity contribution in [1.29, 1.82) is 0 Å². The number of amides is 1. The molecule has 4 aromatic rings. The van der Waals surface area contributed by atoms with Gasteiger partial charge in [-0.1, -0.05) is 54.5 Å². The van der Waals surface area contributed by atoms with Gasteiger partial charge in [0.1, 0.15) is 22.8 Å². The third-order valence-corrected chi connectivity index (χ3v) is 4.69. The van der Waals surface area contributed by atoms with Gasteiger partial charge in [-0.2, -0.15) is 0 Å². The van der Waals surface area contributed by atoms with Crippen LogP contribution in [0.3, 0.4) is 0 Å². The summed E-state index contributed by atoms with van der Waals surface area (Å²) in [6.07, 6.45) is 0.655. The molecule has 0 unspecified atom stereocenters. The largest absolute Gasteiger partial charge is 0.360 e. The maximum absolute atomic E-state index is 13.0. The summed E-state index contributed by atoms with van der Waals surface area (Å²) in [6, 6.07) is 18.0. The summed E-state index contributed by atoms with van der Waals surface area (Å²) < 4.78 is 5.28. The zero-order valence-electron chi connectivity index (χ0n) is 16.6. The van der Waals surface area contributed by atoms with Gasteiger partial charge < -0.3 is 14.8 Å². The van der Waals surface area contributed by atoms with Crippen LogP contribution in [0.4, 0.5) is 5.69 Å². The molecule has 0 spiro atoms. The molecular formula is C23H20N4O3. The minimum absolute atomic E-state index is 0.209. The third-order valence-electron chi connectivity index (χ3n) is 4.69. The van der Waals surface area contributed by atoms with Gasteiger partial charge in [0.2, 0.25) is 0 Å². The van der Waals surface area contributed by atoms with E-state index in [9.17, 15) is 9.59 Å². The number of carbonyl (C=O) groups is 1. The van der Waals surface area contributed by atoms with Crippen LogP contribution in [0.15, 0.2) is 70.0 Å². The van der Waals surface area contributed by atoms with Gasteiger partial charge in [0.15, 0.2) is 0 Å². The van der Waals surface area contributed by atoms with Crippen molar-refractivity contribution in [2.75, 3.05) is 5.32 Å². The molecule has 2 N–H and O–H groups in total. The van der Waals surface area contributed by atoms with E-state index in [0.29, 0.717) is 46.2 Å². The van der Waals surface area contributed by atoms with Crippen molar-refractivity contribution in [2.24, 2.45) is 0 Å². The highest BCUT2D eigenvalue weighted by Gasteiger charge is 2.21. The average Bonchev–Trinajstić information content (AvgIpc) is 3.15. The highest BCUT2D eigenvalue weighted by molar-refractivity contribution is 6.08. The minimum Gasteiger partial charge on any atom is -0.360 e. The number of aryl methyl sites for hydroxylation is 2. The van der Waals surface area contributed by atoms with Crippen molar-refractivity contribution in [3.05, 3.63) is 88.0 Å². The van der Waals surface area contributed by atoms with Crippen molar-refractivity contribution in [1.82, 2.24) is 15.1 Å². The van der Waals surface area contributed by atoms with E-state index in [-0.39, 0.29) is 11.5 Å². The van der Waals surface area contributed by atoms with E-state index in [4.69, 9.17) is 4.52 Å². The van der Waals surface area contributed by atoms with Crippen LogP contribution in [-0.4, -0.2) is 21.0 Å². The molecule has 0 fully saturated rings. The Labute approximate surface area is 172 Å². The lowest BCUT2D eigenvalue weighted by molar-refractivity contribution is 0.102. The molecule has 150 valence electrons. The summed E-state index contributed by atoms with van der Waals surface area (Å²) in [6.45, 7) is 3.64. The maximum Gasteiger partial charge on any atom is 0.261 e. The number of carbonyl (C=O) groups excluding carboxylic acids is 1. The Morgan fingerprint density at radius 3 is 2.60 bits per heavy atom. The molecule has 0 aliphatic carbocycles. The number of H-pyrrole nitrogens is 1.